The Balaban J connectivity index is 2.18. The smallest absolute Gasteiger partial charge is 0.164 e. The summed E-state index contributed by atoms with van der Waals surface area (Å²) >= 11 is 6.09. The van der Waals surface area contributed by atoms with Gasteiger partial charge in [0.05, 0.1) is 10.7 Å². The van der Waals surface area contributed by atoms with Crippen LogP contribution in [0.4, 0.5) is 4.39 Å². The minimum absolute atomic E-state index is 0.155. The lowest BCUT2D eigenvalue weighted by atomic mass is 9.97. The number of hydrogen-bond donors (Lipinski definition) is 0. The number of rotatable bonds is 1. The topological polar surface area (TPSA) is 22.0 Å². The third kappa shape index (κ3) is 1.75. The fourth-order valence-corrected chi connectivity index (χ4v) is 2.63. The van der Waals surface area contributed by atoms with E-state index in [1.165, 1.54) is 18.2 Å². The molecule has 1 aromatic heterocycles. The zero-order valence-corrected chi connectivity index (χ0v) is 10.4. The third-order valence-electron chi connectivity index (χ3n) is 3.28. The van der Waals surface area contributed by atoms with Crippen LogP contribution < -0.4 is 0 Å². The molecule has 0 saturated carbocycles. The molecular weight excluding hydrogens is 253 g/mol. The van der Waals surface area contributed by atoms with Crippen LogP contribution in [0.3, 0.4) is 0 Å². The van der Waals surface area contributed by atoms with Crippen molar-refractivity contribution >= 4 is 17.4 Å². The summed E-state index contributed by atoms with van der Waals surface area (Å²) in [5.74, 6) is -0.179. The van der Waals surface area contributed by atoms with E-state index in [-0.39, 0.29) is 11.6 Å². The molecule has 1 aromatic carbocycles. The van der Waals surface area contributed by atoms with Crippen molar-refractivity contribution in [1.82, 2.24) is 4.57 Å². The molecule has 0 radical (unpaired) electrons. The molecule has 3 rings (SSSR count). The number of benzene rings is 1. The first-order valence-electron chi connectivity index (χ1n) is 5.85. The van der Waals surface area contributed by atoms with Crippen molar-refractivity contribution in [3.63, 3.8) is 0 Å². The van der Waals surface area contributed by atoms with Crippen LogP contribution in [-0.2, 0) is 6.42 Å². The van der Waals surface area contributed by atoms with Gasteiger partial charge in [-0.05, 0) is 37.1 Å². The monoisotopic (exact) mass is 263 g/mol. The van der Waals surface area contributed by atoms with Gasteiger partial charge in [-0.15, -0.1) is 0 Å². The lowest BCUT2D eigenvalue weighted by Crippen LogP contribution is -2.12. The number of fused-ring (bicyclic) bond motifs is 1. The molecule has 18 heavy (non-hydrogen) atoms. The molecule has 2 nitrogen and oxygen atoms in total. The van der Waals surface area contributed by atoms with Gasteiger partial charge in [-0.1, -0.05) is 11.6 Å². The van der Waals surface area contributed by atoms with Crippen LogP contribution >= 0.6 is 11.6 Å². The third-order valence-corrected chi connectivity index (χ3v) is 3.60. The van der Waals surface area contributed by atoms with Gasteiger partial charge in [-0.25, -0.2) is 4.39 Å². The Morgan fingerprint density at radius 2 is 2.06 bits per heavy atom. The summed E-state index contributed by atoms with van der Waals surface area (Å²) in [5.41, 5.74) is 2.26. The van der Waals surface area contributed by atoms with E-state index >= 15 is 0 Å². The van der Waals surface area contributed by atoms with Gasteiger partial charge in [-0.2, -0.15) is 0 Å². The number of hydrogen-bond acceptors (Lipinski definition) is 1. The highest BCUT2D eigenvalue weighted by Gasteiger charge is 2.21. The van der Waals surface area contributed by atoms with Crippen LogP contribution in [0.15, 0.2) is 30.5 Å². The van der Waals surface area contributed by atoms with E-state index < -0.39 is 0 Å². The summed E-state index contributed by atoms with van der Waals surface area (Å²) in [6.07, 6.45) is 4.03. The molecular formula is C14H11ClFNO. The summed E-state index contributed by atoms with van der Waals surface area (Å²) in [5, 5.41) is 0.479. The quantitative estimate of drug-likeness (QED) is 0.767. The van der Waals surface area contributed by atoms with Crippen LogP contribution in [0.2, 0.25) is 5.02 Å². The largest absolute Gasteiger partial charge is 0.319 e. The Labute approximate surface area is 109 Å². The van der Waals surface area contributed by atoms with Gasteiger partial charge < -0.3 is 4.57 Å². The first-order valence-corrected chi connectivity index (χ1v) is 6.23. The van der Waals surface area contributed by atoms with Gasteiger partial charge in [0.15, 0.2) is 5.78 Å². The minimum Gasteiger partial charge on any atom is -0.319 e. The van der Waals surface area contributed by atoms with Gasteiger partial charge in [-0.3, -0.25) is 4.79 Å². The summed E-state index contributed by atoms with van der Waals surface area (Å²) in [4.78, 5) is 11.8. The van der Waals surface area contributed by atoms with E-state index in [0.29, 0.717) is 17.1 Å². The van der Waals surface area contributed by atoms with Gasteiger partial charge in [0.25, 0.3) is 0 Å². The number of ketones is 1. The number of nitrogens with zero attached hydrogens (tertiary/aromatic N) is 1. The van der Waals surface area contributed by atoms with Gasteiger partial charge in [0, 0.05) is 23.9 Å². The second-order valence-electron chi connectivity index (χ2n) is 4.42. The van der Waals surface area contributed by atoms with Crippen molar-refractivity contribution in [2.24, 2.45) is 0 Å². The fraction of sp³-hybridized carbons (Fsp3) is 0.214. The first kappa shape index (κ1) is 11.5. The van der Waals surface area contributed by atoms with Crippen LogP contribution in [0.5, 0.6) is 0 Å². The van der Waals surface area contributed by atoms with Gasteiger partial charge in [0.1, 0.15) is 5.82 Å². The highest BCUT2D eigenvalue weighted by Crippen LogP contribution is 2.29. The van der Waals surface area contributed by atoms with E-state index in [4.69, 9.17) is 11.6 Å². The average Bonchev–Trinajstić information content (AvgIpc) is 2.77. The standard InChI is InChI=1S/C14H11ClFNO/c15-11-5-4-9(16)8-13(11)17-7-6-10-12(17)2-1-3-14(10)18/h4-8H,1-3H2. The normalized spacial score (nSPS) is 14.7. The maximum Gasteiger partial charge on any atom is 0.164 e. The Morgan fingerprint density at radius 1 is 1.22 bits per heavy atom. The van der Waals surface area contributed by atoms with Crippen molar-refractivity contribution in [2.75, 3.05) is 0 Å². The average molecular weight is 264 g/mol. The molecule has 1 aliphatic carbocycles. The van der Waals surface area contributed by atoms with Crippen molar-refractivity contribution in [1.29, 1.82) is 0 Å². The Hall–Kier alpha value is -1.61. The molecule has 92 valence electrons. The number of halogens is 2. The number of aromatic nitrogens is 1. The van der Waals surface area contributed by atoms with E-state index in [9.17, 15) is 9.18 Å². The predicted molar refractivity (Wildman–Crippen MR) is 68.0 cm³/mol. The SMILES string of the molecule is O=C1CCCc2c1ccn2-c1cc(F)ccc1Cl. The van der Waals surface area contributed by atoms with E-state index in [1.54, 1.807) is 12.3 Å². The molecule has 0 aliphatic heterocycles. The maximum atomic E-state index is 13.3. The van der Waals surface area contributed by atoms with Crippen molar-refractivity contribution in [2.45, 2.75) is 19.3 Å². The summed E-state index contributed by atoms with van der Waals surface area (Å²) in [6.45, 7) is 0. The number of carbonyl (C=O) groups excluding carboxylic acids is 1. The zero-order valence-electron chi connectivity index (χ0n) is 9.62. The second-order valence-corrected chi connectivity index (χ2v) is 4.83. The van der Waals surface area contributed by atoms with Crippen LogP contribution in [-0.4, -0.2) is 10.4 Å². The summed E-state index contributed by atoms with van der Waals surface area (Å²) < 4.78 is 15.1. The fourth-order valence-electron chi connectivity index (χ4n) is 2.42. The molecule has 0 spiro atoms. The van der Waals surface area contributed by atoms with E-state index in [2.05, 4.69) is 0 Å². The predicted octanol–water partition coefficient (Wildman–Crippen LogP) is 3.79. The van der Waals surface area contributed by atoms with E-state index in [0.717, 1.165) is 24.1 Å². The molecule has 0 fully saturated rings. The lowest BCUT2D eigenvalue weighted by Gasteiger charge is -2.15. The molecule has 0 unspecified atom stereocenters. The number of carbonyl (C=O) groups is 1. The second kappa shape index (κ2) is 4.25. The molecule has 1 heterocycles. The van der Waals surface area contributed by atoms with E-state index in [1.807, 2.05) is 4.57 Å². The van der Waals surface area contributed by atoms with Crippen molar-refractivity contribution in [3.8, 4) is 5.69 Å². The molecule has 0 N–H and O–H groups in total. The summed E-state index contributed by atoms with van der Waals surface area (Å²) in [7, 11) is 0. The number of Topliss-reactive ketones (excluding diaryl/α,β-unsaturated/α-hetero) is 1. The molecule has 0 atom stereocenters. The molecule has 0 bridgehead atoms. The Kier molecular flexibility index (Phi) is 2.71. The van der Waals surface area contributed by atoms with Gasteiger partial charge in [0.2, 0.25) is 0 Å². The Morgan fingerprint density at radius 3 is 2.89 bits per heavy atom. The molecule has 0 saturated heterocycles. The molecule has 4 heteroatoms. The Bertz CT molecular complexity index is 633. The summed E-state index contributed by atoms with van der Waals surface area (Å²) in [6, 6.07) is 6.04. The lowest BCUT2D eigenvalue weighted by molar-refractivity contribution is 0.0972. The van der Waals surface area contributed by atoms with Crippen LogP contribution in [0.25, 0.3) is 5.69 Å². The molecule has 2 aromatic rings. The van der Waals surface area contributed by atoms with Crippen LogP contribution in [0.1, 0.15) is 28.9 Å². The highest BCUT2D eigenvalue weighted by atomic mass is 35.5. The highest BCUT2D eigenvalue weighted by molar-refractivity contribution is 6.32. The molecule has 0 amide bonds. The minimum atomic E-state index is -0.334. The van der Waals surface area contributed by atoms with Gasteiger partial charge >= 0.3 is 0 Å². The van der Waals surface area contributed by atoms with Crippen molar-refractivity contribution in [3.05, 3.63) is 52.6 Å². The first-order chi connectivity index (χ1) is 8.66. The van der Waals surface area contributed by atoms with Crippen LogP contribution in [0, 0.1) is 5.82 Å². The van der Waals surface area contributed by atoms with Crippen molar-refractivity contribution < 1.29 is 9.18 Å². The maximum absolute atomic E-state index is 13.3. The molecule has 1 aliphatic rings. The zero-order chi connectivity index (χ0) is 12.7.